The molecule has 0 radical (unpaired) electrons. The van der Waals surface area contributed by atoms with E-state index in [1.54, 1.807) is 6.20 Å². The summed E-state index contributed by atoms with van der Waals surface area (Å²) in [6, 6.07) is 5.97. The Morgan fingerprint density at radius 1 is 1.20 bits per heavy atom. The molecular formula is C12H15N3. The zero-order valence-electron chi connectivity index (χ0n) is 8.90. The normalized spacial score (nSPS) is 10.5. The number of anilines is 1. The molecule has 1 N–H and O–H groups in total. The SMILES string of the molecule is CCCCNc1nccc2cccnc12. The van der Waals surface area contributed by atoms with Crippen LogP contribution in [0.5, 0.6) is 0 Å². The van der Waals surface area contributed by atoms with Crippen molar-refractivity contribution in [3.63, 3.8) is 0 Å². The molecule has 2 aromatic rings. The van der Waals surface area contributed by atoms with Crippen molar-refractivity contribution in [1.29, 1.82) is 0 Å². The topological polar surface area (TPSA) is 37.8 Å². The van der Waals surface area contributed by atoms with Gasteiger partial charge in [-0.1, -0.05) is 19.4 Å². The number of nitrogens with zero attached hydrogens (tertiary/aromatic N) is 2. The van der Waals surface area contributed by atoms with Crippen molar-refractivity contribution >= 4 is 16.7 Å². The first-order valence-electron chi connectivity index (χ1n) is 5.35. The number of nitrogens with one attached hydrogen (secondary N) is 1. The van der Waals surface area contributed by atoms with Gasteiger partial charge in [0.1, 0.15) is 5.52 Å². The van der Waals surface area contributed by atoms with Crippen LogP contribution in [0.3, 0.4) is 0 Å². The van der Waals surface area contributed by atoms with Gasteiger partial charge >= 0.3 is 0 Å². The van der Waals surface area contributed by atoms with Crippen molar-refractivity contribution in [3.8, 4) is 0 Å². The lowest BCUT2D eigenvalue weighted by molar-refractivity contribution is 0.832. The average Bonchev–Trinajstić information content (AvgIpc) is 2.30. The number of pyridine rings is 2. The molecule has 0 aliphatic carbocycles. The number of fused-ring (bicyclic) bond motifs is 1. The highest BCUT2D eigenvalue weighted by molar-refractivity contribution is 5.87. The second-order valence-electron chi connectivity index (χ2n) is 3.52. The summed E-state index contributed by atoms with van der Waals surface area (Å²) in [6.07, 6.45) is 5.96. The maximum Gasteiger partial charge on any atom is 0.152 e. The third kappa shape index (κ3) is 2.24. The van der Waals surface area contributed by atoms with E-state index in [1.807, 2.05) is 18.3 Å². The summed E-state index contributed by atoms with van der Waals surface area (Å²) in [4.78, 5) is 8.64. The lowest BCUT2D eigenvalue weighted by atomic mass is 10.2. The van der Waals surface area contributed by atoms with Crippen LogP contribution in [0.2, 0.25) is 0 Å². The molecule has 2 rings (SSSR count). The van der Waals surface area contributed by atoms with Crippen LogP contribution in [0.4, 0.5) is 5.82 Å². The standard InChI is InChI=1S/C12H15N3/c1-2-3-7-14-12-11-10(6-9-15-12)5-4-8-13-11/h4-6,8-9H,2-3,7H2,1H3,(H,14,15). The highest BCUT2D eigenvalue weighted by atomic mass is 15.0. The molecule has 3 nitrogen and oxygen atoms in total. The predicted octanol–water partition coefficient (Wildman–Crippen LogP) is 2.84. The van der Waals surface area contributed by atoms with E-state index in [4.69, 9.17) is 0 Å². The zero-order valence-corrected chi connectivity index (χ0v) is 8.90. The molecule has 0 amide bonds. The fraction of sp³-hybridized carbons (Fsp3) is 0.333. The smallest absolute Gasteiger partial charge is 0.152 e. The molecule has 0 unspecified atom stereocenters. The molecule has 0 saturated carbocycles. The van der Waals surface area contributed by atoms with Crippen molar-refractivity contribution in [2.24, 2.45) is 0 Å². The van der Waals surface area contributed by atoms with E-state index in [0.29, 0.717) is 0 Å². The summed E-state index contributed by atoms with van der Waals surface area (Å²) in [5.41, 5.74) is 0.955. The predicted molar refractivity (Wildman–Crippen MR) is 62.9 cm³/mol. The van der Waals surface area contributed by atoms with Crippen LogP contribution in [0.25, 0.3) is 10.9 Å². The molecule has 3 heteroatoms. The van der Waals surface area contributed by atoms with Crippen molar-refractivity contribution in [1.82, 2.24) is 9.97 Å². The Morgan fingerprint density at radius 2 is 2.13 bits per heavy atom. The maximum absolute atomic E-state index is 4.33. The molecule has 0 aromatic carbocycles. The fourth-order valence-corrected chi connectivity index (χ4v) is 1.52. The summed E-state index contributed by atoms with van der Waals surface area (Å²) in [5.74, 6) is 0.890. The molecule has 0 saturated heterocycles. The summed E-state index contributed by atoms with van der Waals surface area (Å²) in [5, 5.41) is 4.45. The van der Waals surface area contributed by atoms with E-state index in [1.165, 1.54) is 6.42 Å². The van der Waals surface area contributed by atoms with E-state index in [0.717, 1.165) is 29.7 Å². The Hall–Kier alpha value is -1.64. The van der Waals surface area contributed by atoms with Crippen LogP contribution in [-0.4, -0.2) is 16.5 Å². The second-order valence-corrected chi connectivity index (χ2v) is 3.52. The number of aromatic nitrogens is 2. The molecule has 0 aliphatic heterocycles. The summed E-state index contributed by atoms with van der Waals surface area (Å²) >= 11 is 0. The first-order chi connectivity index (χ1) is 7.42. The van der Waals surface area contributed by atoms with Crippen LogP contribution in [0.15, 0.2) is 30.6 Å². The van der Waals surface area contributed by atoms with Gasteiger partial charge in [0.2, 0.25) is 0 Å². The van der Waals surface area contributed by atoms with Gasteiger partial charge < -0.3 is 5.32 Å². The van der Waals surface area contributed by atoms with Gasteiger partial charge in [-0.05, 0) is 18.6 Å². The molecule has 0 bridgehead atoms. The minimum atomic E-state index is 0.890. The monoisotopic (exact) mass is 201 g/mol. The van der Waals surface area contributed by atoms with E-state index in [9.17, 15) is 0 Å². The van der Waals surface area contributed by atoms with Crippen molar-refractivity contribution in [3.05, 3.63) is 30.6 Å². The van der Waals surface area contributed by atoms with Gasteiger partial charge in [-0.25, -0.2) is 4.98 Å². The first kappa shape index (κ1) is 9.90. The Morgan fingerprint density at radius 3 is 3.00 bits per heavy atom. The van der Waals surface area contributed by atoms with Crippen LogP contribution in [0.1, 0.15) is 19.8 Å². The van der Waals surface area contributed by atoms with Gasteiger partial charge in [-0.15, -0.1) is 0 Å². The number of rotatable bonds is 4. The highest BCUT2D eigenvalue weighted by Gasteiger charge is 2.01. The van der Waals surface area contributed by atoms with Gasteiger partial charge in [0.25, 0.3) is 0 Å². The molecule has 2 aromatic heterocycles. The van der Waals surface area contributed by atoms with E-state index < -0.39 is 0 Å². The molecular weight excluding hydrogens is 186 g/mol. The fourth-order valence-electron chi connectivity index (χ4n) is 1.52. The van der Waals surface area contributed by atoms with Crippen LogP contribution in [0, 0.1) is 0 Å². The Balaban J connectivity index is 2.26. The number of hydrogen-bond donors (Lipinski definition) is 1. The minimum absolute atomic E-state index is 0.890. The molecule has 0 fully saturated rings. The summed E-state index contributed by atoms with van der Waals surface area (Å²) in [7, 11) is 0. The summed E-state index contributed by atoms with van der Waals surface area (Å²) in [6.45, 7) is 3.13. The van der Waals surface area contributed by atoms with Gasteiger partial charge in [0, 0.05) is 24.3 Å². The third-order valence-electron chi connectivity index (χ3n) is 2.34. The Bertz CT molecular complexity index is 434. The van der Waals surface area contributed by atoms with Gasteiger partial charge in [0.05, 0.1) is 0 Å². The van der Waals surface area contributed by atoms with Crippen LogP contribution in [-0.2, 0) is 0 Å². The number of hydrogen-bond acceptors (Lipinski definition) is 3. The largest absolute Gasteiger partial charge is 0.368 e. The number of unbranched alkanes of at least 4 members (excludes halogenated alkanes) is 1. The van der Waals surface area contributed by atoms with E-state index in [-0.39, 0.29) is 0 Å². The van der Waals surface area contributed by atoms with Crippen LogP contribution >= 0.6 is 0 Å². The minimum Gasteiger partial charge on any atom is -0.368 e. The van der Waals surface area contributed by atoms with Crippen molar-refractivity contribution in [2.75, 3.05) is 11.9 Å². The van der Waals surface area contributed by atoms with E-state index in [2.05, 4.69) is 28.3 Å². The van der Waals surface area contributed by atoms with Gasteiger partial charge in [-0.2, -0.15) is 0 Å². The lowest BCUT2D eigenvalue weighted by Gasteiger charge is -2.06. The van der Waals surface area contributed by atoms with Crippen molar-refractivity contribution in [2.45, 2.75) is 19.8 Å². The molecule has 0 atom stereocenters. The van der Waals surface area contributed by atoms with E-state index >= 15 is 0 Å². The maximum atomic E-state index is 4.33. The molecule has 15 heavy (non-hydrogen) atoms. The average molecular weight is 201 g/mol. The highest BCUT2D eigenvalue weighted by Crippen LogP contribution is 2.17. The lowest BCUT2D eigenvalue weighted by Crippen LogP contribution is -2.03. The third-order valence-corrected chi connectivity index (χ3v) is 2.34. The molecule has 0 spiro atoms. The molecule has 2 heterocycles. The Labute approximate surface area is 89.6 Å². The second kappa shape index (κ2) is 4.73. The quantitative estimate of drug-likeness (QED) is 0.773. The summed E-state index contributed by atoms with van der Waals surface area (Å²) < 4.78 is 0. The van der Waals surface area contributed by atoms with Gasteiger partial charge in [0.15, 0.2) is 5.82 Å². The molecule has 0 aliphatic rings. The van der Waals surface area contributed by atoms with Crippen LogP contribution < -0.4 is 5.32 Å². The zero-order chi connectivity index (χ0) is 10.5. The Kier molecular flexibility index (Phi) is 3.12. The molecule has 78 valence electrons. The van der Waals surface area contributed by atoms with Crippen molar-refractivity contribution < 1.29 is 0 Å². The van der Waals surface area contributed by atoms with Gasteiger partial charge in [-0.3, -0.25) is 4.98 Å². The first-order valence-corrected chi connectivity index (χ1v) is 5.35.